The number of hydrogen-bond acceptors (Lipinski definition) is 4. The van der Waals surface area contributed by atoms with Gasteiger partial charge in [-0.2, -0.15) is 0 Å². The molecule has 18 heavy (non-hydrogen) atoms. The molecule has 0 saturated carbocycles. The Morgan fingerprint density at radius 3 is 2.72 bits per heavy atom. The Bertz CT molecular complexity index is 381. The zero-order valence-electron chi connectivity index (χ0n) is 11.3. The lowest BCUT2D eigenvalue weighted by molar-refractivity contribution is -0.121. The Labute approximate surface area is 108 Å². The van der Waals surface area contributed by atoms with E-state index in [1.54, 1.807) is 0 Å². The Morgan fingerprint density at radius 2 is 2.06 bits per heavy atom. The van der Waals surface area contributed by atoms with Crippen LogP contribution in [0.1, 0.15) is 27.2 Å². The van der Waals surface area contributed by atoms with Crippen LogP contribution in [0.15, 0.2) is 18.2 Å². The van der Waals surface area contributed by atoms with Crippen molar-refractivity contribution in [2.45, 2.75) is 33.2 Å². The van der Waals surface area contributed by atoms with Crippen LogP contribution in [0.2, 0.25) is 0 Å². The molecule has 1 rings (SSSR count). The van der Waals surface area contributed by atoms with Gasteiger partial charge in [0.05, 0.1) is 0 Å². The minimum absolute atomic E-state index is 0.0220. The van der Waals surface area contributed by atoms with E-state index in [1.807, 2.05) is 32.0 Å². The molecular weight excluding hydrogens is 228 g/mol. The summed E-state index contributed by atoms with van der Waals surface area (Å²) in [7, 11) is 0. The van der Waals surface area contributed by atoms with E-state index in [0.717, 1.165) is 18.8 Å². The van der Waals surface area contributed by atoms with E-state index in [-0.39, 0.29) is 11.9 Å². The topological polar surface area (TPSA) is 66.0 Å². The summed E-state index contributed by atoms with van der Waals surface area (Å²) >= 11 is 0. The first-order chi connectivity index (χ1) is 8.67. The molecule has 5 heteroatoms. The van der Waals surface area contributed by atoms with Crippen molar-refractivity contribution < 1.29 is 4.79 Å². The second-order valence-electron chi connectivity index (χ2n) is 4.10. The molecule has 5 nitrogen and oxygen atoms in total. The minimum Gasteiger partial charge on any atom is -0.370 e. The number of anilines is 2. The fourth-order valence-electron chi connectivity index (χ4n) is 1.48. The number of aromatic nitrogens is 1. The fourth-order valence-corrected chi connectivity index (χ4v) is 1.48. The van der Waals surface area contributed by atoms with Gasteiger partial charge in [0.2, 0.25) is 5.91 Å². The first-order valence-corrected chi connectivity index (χ1v) is 6.42. The highest BCUT2D eigenvalue weighted by Gasteiger charge is 2.11. The second kappa shape index (κ2) is 7.53. The molecule has 1 atom stereocenters. The van der Waals surface area contributed by atoms with Crippen LogP contribution in [0.25, 0.3) is 0 Å². The van der Waals surface area contributed by atoms with Crippen LogP contribution >= 0.6 is 0 Å². The molecule has 1 aromatic heterocycles. The SMILES string of the molecule is CCCNc1cccc(NC(C)C(=O)NCC)n1. The lowest BCUT2D eigenvalue weighted by atomic mass is 10.3. The molecule has 0 aliphatic carbocycles. The molecule has 0 aliphatic rings. The largest absolute Gasteiger partial charge is 0.370 e. The average molecular weight is 250 g/mol. The van der Waals surface area contributed by atoms with E-state index >= 15 is 0 Å². The lowest BCUT2D eigenvalue weighted by Crippen LogP contribution is -2.37. The van der Waals surface area contributed by atoms with E-state index in [0.29, 0.717) is 12.4 Å². The summed E-state index contributed by atoms with van der Waals surface area (Å²) in [6, 6.07) is 5.39. The molecule has 0 saturated heterocycles. The van der Waals surface area contributed by atoms with Gasteiger partial charge in [-0.05, 0) is 32.4 Å². The van der Waals surface area contributed by atoms with Crippen LogP contribution in [0, 0.1) is 0 Å². The summed E-state index contributed by atoms with van der Waals surface area (Å²) in [5.74, 6) is 1.51. The highest BCUT2D eigenvalue weighted by atomic mass is 16.2. The molecule has 1 amide bonds. The van der Waals surface area contributed by atoms with E-state index in [4.69, 9.17) is 0 Å². The summed E-state index contributed by atoms with van der Waals surface area (Å²) in [5.41, 5.74) is 0. The van der Waals surface area contributed by atoms with Gasteiger partial charge in [-0.3, -0.25) is 4.79 Å². The van der Waals surface area contributed by atoms with Gasteiger partial charge in [0, 0.05) is 13.1 Å². The summed E-state index contributed by atoms with van der Waals surface area (Å²) in [6.07, 6.45) is 1.05. The summed E-state index contributed by atoms with van der Waals surface area (Å²) < 4.78 is 0. The number of carbonyl (C=O) groups is 1. The first kappa shape index (κ1) is 14.3. The van der Waals surface area contributed by atoms with Crippen molar-refractivity contribution in [3.05, 3.63) is 18.2 Å². The van der Waals surface area contributed by atoms with Gasteiger partial charge in [0.25, 0.3) is 0 Å². The molecule has 3 N–H and O–H groups in total. The van der Waals surface area contributed by atoms with Gasteiger partial charge in [-0.15, -0.1) is 0 Å². The Kier molecular flexibility index (Phi) is 5.97. The van der Waals surface area contributed by atoms with Crippen LogP contribution in [-0.4, -0.2) is 30.0 Å². The van der Waals surface area contributed by atoms with Crippen LogP contribution in [-0.2, 0) is 4.79 Å². The monoisotopic (exact) mass is 250 g/mol. The third kappa shape index (κ3) is 4.61. The molecule has 0 fully saturated rings. The van der Waals surface area contributed by atoms with Crippen LogP contribution in [0.5, 0.6) is 0 Å². The molecule has 0 aliphatic heterocycles. The van der Waals surface area contributed by atoms with Gasteiger partial charge in [0.15, 0.2) is 0 Å². The summed E-state index contributed by atoms with van der Waals surface area (Å²) in [4.78, 5) is 16.0. The van der Waals surface area contributed by atoms with E-state index in [2.05, 4.69) is 27.9 Å². The van der Waals surface area contributed by atoms with Gasteiger partial charge in [0.1, 0.15) is 17.7 Å². The first-order valence-electron chi connectivity index (χ1n) is 6.42. The van der Waals surface area contributed by atoms with Crippen molar-refractivity contribution in [2.24, 2.45) is 0 Å². The van der Waals surface area contributed by atoms with Crippen molar-refractivity contribution in [3.63, 3.8) is 0 Å². The molecular formula is C13H22N4O. The van der Waals surface area contributed by atoms with Crippen molar-refractivity contribution in [1.29, 1.82) is 0 Å². The highest BCUT2D eigenvalue weighted by molar-refractivity contribution is 5.83. The Morgan fingerprint density at radius 1 is 1.33 bits per heavy atom. The summed E-state index contributed by atoms with van der Waals surface area (Å²) in [6.45, 7) is 7.35. The minimum atomic E-state index is -0.293. The molecule has 0 aromatic carbocycles. The lowest BCUT2D eigenvalue weighted by Gasteiger charge is -2.14. The molecule has 1 aromatic rings. The van der Waals surface area contributed by atoms with Gasteiger partial charge in [-0.1, -0.05) is 13.0 Å². The predicted molar refractivity (Wildman–Crippen MR) is 74.8 cm³/mol. The van der Waals surface area contributed by atoms with Crippen LogP contribution < -0.4 is 16.0 Å². The third-order valence-corrected chi connectivity index (χ3v) is 2.41. The molecule has 1 heterocycles. The third-order valence-electron chi connectivity index (χ3n) is 2.41. The average Bonchev–Trinajstić information content (AvgIpc) is 2.37. The van der Waals surface area contributed by atoms with Gasteiger partial charge < -0.3 is 16.0 Å². The molecule has 0 radical (unpaired) electrons. The van der Waals surface area contributed by atoms with E-state index in [1.165, 1.54) is 0 Å². The number of amides is 1. The molecule has 0 bridgehead atoms. The number of pyridine rings is 1. The molecule has 0 spiro atoms. The normalized spacial score (nSPS) is 11.7. The zero-order chi connectivity index (χ0) is 13.4. The smallest absolute Gasteiger partial charge is 0.242 e. The van der Waals surface area contributed by atoms with Crippen molar-refractivity contribution in [2.75, 3.05) is 23.7 Å². The van der Waals surface area contributed by atoms with Crippen LogP contribution in [0.4, 0.5) is 11.6 Å². The maximum atomic E-state index is 11.6. The molecule has 100 valence electrons. The number of carbonyl (C=O) groups excluding carboxylic acids is 1. The number of nitrogens with one attached hydrogen (secondary N) is 3. The highest BCUT2D eigenvalue weighted by Crippen LogP contribution is 2.10. The van der Waals surface area contributed by atoms with E-state index < -0.39 is 0 Å². The number of hydrogen-bond donors (Lipinski definition) is 3. The van der Waals surface area contributed by atoms with Crippen molar-refractivity contribution in [3.8, 4) is 0 Å². The quantitative estimate of drug-likeness (QED) is 0.691. The second-order valence-corrected chi connectivity index (χ2v) is 4.10. The van der Waals surface area contributed by atoms with Crippen molar-refractivity contribution in [1.82, 2.24) is 10.3 Å². The van der Waals surface area contributed by atoms with Crippen molar-refractivity contribution >= 4 is 17.5 Å². The number of rotatable bonds is 7. The Balaban J connectivity index is 2.58. The molecule has 1 unspecified atom stereocenters. The number of nitrogens with zero attached hydrogens (tertiary/aromatic N) is 1. The van der Waals surface area contributed by atoms with Gasteiger partial charge in [-0.25, -0.2) is 4.98 Å². The maximum Gasteiger partial charge on any atom is 0.242 e. The van der Waals surface area contributed by atoms with Gasteiger partial charge >= 0.3 is 0 Å². The fraction of sp³-hybridized carbons (Fsp3) is 0.538. The van der Waals surface area contributed by atoms with E-state index in [9.17, 15) is 4.79 Å². The number of likely N-dealkylation sites (N-methyl/N-ethyl adjacent to an activating group) is 1. The predicted octanol–water partition coefficient (Wildman–Crippen LogP) is 1.84. The maximum absolute atomic E-state index is 11.6. The zero-order valence-corrected chi connectivity index (χ0v) is 11.3. The standard InChI is InChI=1S/C13H22N4O/c1-4-9-15-11-7-6-8-12(17-11)16-10(3)13(18)14-5-2/h6-8,10H,4-5,9H2,1-3H3,(H,14,18)(H2,15,16,17). The van der Waals surface area contributed by atoms with Crippen LogP contribution in [0.3, 0.4) is 0 Å². The summed E-state index contributed by atoms with van der Waals surface area (Å²) in [5, 5.41) is 9.06. The Hall–Kier alpha value is -1.78.